The van der Waals surface area contributed by atoms with Gasteiger partial charge in [-0.05, 0) is 29.2 Å². The second-order valence-corrected chi connectivity index (χ2v) is 5.66. The number of benzene rings is 2. The molecule has 0 spiro atoms. The molecule has 0 aromatic heterocycles. The first-order chi connectivity index (χ1) is 9.00. The van der Waals surface area contributed by atoms with Crippen molar-refractivity contribution < 1.29 is 4.74 Å². The molecule has 19 heavy (non-hydrogen) atoms. The van der Waals surface area contributed by atoms with Crippen LogP contribution in [0.3, 0.4) is 0 Å². The largest absolute Gasteiger partial charge is 0.496 e. The Morgan fingerprint density at radius 1 is 0.895 bits per heavy atom. The van der Waals surface area contributed by atoms with Crippen LogP contribution in [0.5, 0.6) is 5.75 Å². The first-order valence-electron chi connectivity index (χ1n) is 6.51. The Hall–Kier alpha value is -1.96. The molecular weight excluding hydrogens is 234 g/mol. The van der Waals surface area contributed by atoms with Crippen molar-refractivity contribution in [3.63, 3.8) is 0 Å². The predicted octanol–water partition coefficient (Wildman–Crippen LogP) is 4.74. The summed E-state index contributed by atoms with van der Waals surface area (Å²) in [6.07, 6.45) is 0. The van der Waals surface area contributed by atoms with E-state index in [4.69, 9.17) is 4.74 Å². The normalized spacial score (nSPS) is 11.2. The van der Waals surface area contributed by atoms with Crippen LogP contribution < -0.4 is 10.1 Å². The summed E-state index contributed by atoms with van der Waals surface area (Å²) in [6, 6.07) is 16.4. The Morgan fingerprint density at radius 2 is 1.58 bits per heavy atom. The van der Waals surface area contributed by atoms with Crippen LogP contribution in [0.1, 0.15) is 26.3 Å². The Balaban J connectivity index is 2.30. The minimum absolute atomic E-state index is 0.0800. The average molecular weight is 255 g/mol. The highest BCUT2D eigenvalue weighted by atomic mass is 16.5. The van der Waals surface area contributed by atoms with Crippen molar-refractivity contribution >= 4 is 11.4 Å². The molecule has 0 heterocycles. The van der Waals surface area contributed by atoms with Gasteiger partial charge in [0.1, 0.15) is 5.75 Å². The highest BCUT2D eigenvalue weighted by molar-refractivity contribution is 5.62. The summed E-state index contributed by atoms with van der Waals surface area (Å²) in [5.74, 6) is 0.924. The van der Waals surface area contributed by atoms with Crippen molar-refractivity contribution in [2.45, 2.75) is 26.2 Å². The maximum atomic E-state index is 5.51. The molecule has 2 nitrogen and oxygen atoms in total. The third kappa shape index (κ3) is 3.28. The van der Waals surface area contributed by atoms with Crippen molar-refractivity contribution in [2.75, 3.05) is 12.4 Å². The molecule has 2 rings (SSSR count). The minimum Gasteiger partial charge on any atom is -0.496 e. The third-order valence-corrected chi connectivity index (χ3v) is 3.07. The van der Waals surface area contributed by atoms with Gasteiger partial charge >= 0.3 is 0 Å². The summed E-state index contributed by atoms with van der Waals surface area (Å²) in [5, 5.41) is 3.38. The van der Waals surface area contributed by atoms with Gasteiger partial charge in [-0.1, -0.05) is 45.0 Å². The standard InChI is InChI=1S/C17H21NO/c1-17(2,3)15-11-10-14(12-16(15)19-4)18-13-8-6-5-7-9-13/h5-12,18H,1-4H3. The Kier molecular flexibility index (Phi) is 3.79. The van der Waals surface area contributed by atoms with Gasteiger partial charge in [0.25, 0.3) is 0 Å². The lowest BCUT2D eigenvalue weighted by Crippen LogP contribution is -2.12. The highest BCUT2D eigenvalue weighted by Crippen LogP contribution is 2.33. The molecule has 0 aliphatic rings. The number of rotatable bonds is 3. The number of anilines is 2. The lowest BCUT2D eigenvalue weighted by Gasteiger charge is -2.22. The van der Waals surface area contributed by atoms with Crippen LogP contribution in [0.4, 0.5) is 11.4 Å². The van der Waals surface area contributed by atoms with Crippen molar-refractivity contribution in [3.05, 3.63) is 54.1 Å². The van der Waals surface area contributed by atoms with E-state index < -0.39 is 0 Å². The van der Waals surface area contributed by atoms with E-state index in [1.807, 2.05) is 36.4 Å². The van der Waals surface area contributed by atoms with Crippen molar-refractivity contribution in [2.24, 2.45) is 0 Å². The van der Waals surface area contributed by atoms with Crippen LogP contribution in [0.15, 0.2) is 48.5 Å². The third-order valence-electron chi connectivity index (χ3n) is 3.07. The van der Waals surface area contributed by atoms with Crippen LogP contribution in [0.25, 0.3) is 0 Å². The summed E-state index contributed by atoms with van der Waals surface area (Å²) in [7, 11) is 1.72. The van der Waals surface area contributed by atoms with Gasteiger partial charge in [-0.15, -0.1) is 0 Å². The van der Waals surface area contributed by atoms with Gasteiger partial charge < -0.3 is 10.1 Å². The molecule has 0 bridgehead atoms. The summed E-state index contributed by atoms with van der Waals surface area (Å²) >= 11 is 0. The van der Waals surface area contributed by atoms with Crippen LogP contribution >= 0.6 is 0 Å². The molecule has 0 radical (unpaired) electrons. The molecule has 0 aliphatic heterocycles. The van der Waals surface area contributed by atoms with E-state index in [9.17, 15) is 0 Å². The lowest BCUT2D eigenvalue weighted by molar-refractivity contribution is 0.398. The molecule has 2 aromatic rings. The zero-order chi connectivity index (χ0) is 13.9. The molecule has 0 atom stereocenters. The van der Waals surface area contributed by atoms with Gasteiger partial charge in [-0.3, -0.25) is 0 Å². The lowest BCUT2D eigenvalue weighted by atomic mass is 9.86. The van der Waals surface area contributed by atoms with Gasteiger partial charge in [-0.25, -0.2) is 0 Å². The van der Waals surface area contributed by atoms with Crippen LogP contribution in [0, 0.1) is 0 Å². The van der Waals surface area contributed by atoms with Crippen molar-refractivity contribution in [1.29, 1.82) is 0 Å². The molecule has 2 heteroatoms. The molecule has 2 aromatic carbocycles. The number of ether oxygens (including phenoxy) is 1. The summed E-state index contributed by atoms with van der Waals surface area (Å²) in [5.41, 5.74) is 3.41. The zero-order valence-corrected chi connectivity index (χ0v) is 12.0. The van der Waals surface area contributed by atoms with Gasteiger partial charge in [0, 0.05) is 17.4 Å². The van der Waals surface area contributed by atoms with E-state index in [0.29, 0.717) is 0 Å². The number of hydrogen-bond donors (Lipinski definition) is 1. The van der Waals surface area contributed by atoms with Crippen LogP contribution in [-0.4, -0.2) is 7.11 Å². The van der Waals surface area contributed by atoms with Crippen LogP contribution in [0.2, 0.25) is 0 Å². The average Bonchev–Trinajstić information content (AvgIpc) is 2.38. The number of methoxy groups -OCH3 is 1. The second kappa shape index (κ2) is 5.35. The number of para-hydroxylation sites is 1. The molecule has 0 saturated carbocycles. The summed E-state index contributed by atoms with van der Waals surface area (Å²) in [4.78, 5) is 0. The Labute approximate surface area is 115 Å². The molecule has 0 fully saturated rings. The second-order valence-electron chi connectivity index (χ2n) is 5.66. The van der Waals surface area contributed by atoms with E-state index in [0.717, 1.165) is 17.1 Å². The SMILES string of the molecule is COc1cc(Nc2ccccc2)ccc1C(C)(C)C. The summed E-state index contributed by atoms with van der Waals surface area (Å²) < 4.78 is 5.51. The number of hydrogen-bond acceptors (Lipinski definition) is 2. The molecule has 1 N–H and O–H groups in total. The Bertz CT molecular complexity index is 541. The van der Waals surface area contributed by atoms with Crippen molar-refractivity contribution in [1.82, 2.24) is 0 Å². The van der Waals surface area contributed by atoms with Gasteiger partial charge in [0.15, 0.2) is 0 Å². The fraction of sp³-hybridized carbons (Fsp3) is 0.294. The van der Waals surface area contributed by atoms with Gasteiger partial charge in [0.2, 0.25) is 0 Å². The summed E-state index contributed by atoms with van der Waals surface area (Å²) in [6.45, 7) is 6.57. The predicted molar refractivity (Wildman–Crippen MR) is 81.4 cm³/mol. The topological polar surface area (TPSA) is 21.3 Å². The van der Waals surface area contributed by atoms with E-state index in [1.54, 1.807) is 7.11 Å². The van der Waals surface area contributed by atoms with Gasteiger partial charge in [0.05, 0.1) is 7.11 Å². The Morgan fingerprint density at radius 3 is 2.16 bits per heavy atom. The fourth-order valence-corrected chi connectivity index (χ4v) is 2.08. The molecule has 0 aliphatic carbocycles. The van der Waals surface area contributed by atoms with E-state index in [2.05, 4.69) is 38.2 Å². The maximum Gasteiger partial charge on any atom is 0.124 e. The smallest absolute Gasteiger partial charge is 0.124 e. The fourth-order valence-electron chi connectivity index (χ4n) is 2.08. The maximum absolute atomic E-state index is 5.51. The molecule has 100 valence electrons. The quantitative estimate of drug-likeness (QED) is 0.855. The van der Waals surface area contributed by atoms with E-state index in [1.165, 1.54) is 5.56 Å². The molecular formula is C17H21NO. The first-order valence-corrected chi connectivity index (χ1v) is 6.51. The zero-order valence-electron chi connectivity index (χ0n) is 12.0. The first kappa shape index (κ1) is 13.5. The van der Waals surface area contributed by atoms with Crippen molar-refractivity contribution in [3.8, 4) is 5.75 Å². The molecule has 0 saturated heterocycles. The van der Waals surface area contributed by atoms with Gasteiger partial charge in [-0.2, -0.15) is 0 Å². The minimum atomic E-state index is 0.0800. The van der Waals surface area contributed by atoms with E-state index in [-0.39, 0.29) is 5.41 Å². The molecule has 0 amide bonds. The van der Waals surface area contributed by atoms with Crippen LogP contribution in [-0.2, 0) is 5.41 Å². The monoisotopic (exact) mass is 255 g/mol. The molecule has 0 unspecified atom stereocenters. The number of nitrogens with one attached hydrogen (secondary N) is 1. The highest BCUT2D eigenvalue weighted by Gasteiger charge is 2.18. The van der Waals surface area contributed by atoms with E-state index >= 15 is 0 Å².